The average Bonchev–Trinajstić information content (AvgIpc) is 2.16. The standard InChI is InChI=1S/C6H14O.C6H14/c1-3-5-6(7)4-2;1-3-5-6-4-2/h6-7H,3-5H2,1-2H3;3-6H2,1-2H3. The van der Waals surface area contributed by atoms with Crippen LogP contribution in [0.4, 0.5) is 0 Å². The van der Waals surface area contributed by atoms with Crippen LogP contribution < -0.4 is 0 Å². The highest BCUT2D eigenvalue weighted by Crippen LogP contribution is 1.98. The topological polar surface area (TPSA) is 20.2 Å². The Kier molecular flexibility index (Phi) is 17.2. The Hall–Kier alpha value is -0.0400. The fourth-order valence-electron chi connectivity index (χ4n) is 1.04. The van der Waals surface area contributed by atoms with Gasteiger partial charge in [-0.2, -0.15) is 0 Å². The Balaban J connectivity index is 0. The van der Waals surface area contributed by atoms with Crippen LogP contribution >= 0.6 is 0 Å². The maximum atomic E-state index is 8.86. The third-order valence-electron chi connectivity index (χ3n) is 2.05. The van der Waals surface area contributed by atoms with Crippen molar-refractivity contribution in [2.45, 2.75) is 78.7 Å². The van der Waals surface area contributed by atoms with Crippen molar-refractivity contribution in [1.29, 1.82) is 0 Å². The molecule has 82 valence electrons. The van der Waals surface area contributed by atoms with E-state index in [0.29, 0.717) is 0 Å². The monoisotopic (exact) mass is 188 g/mol. The highest BCUT2D eigenvalue weighted by Gasteiger charge is 1.94. The van der Waals surface area contributed by atoms with Crippen LogP contribution in [-0.4, -0.2) is 11.2 Å². The summed E-state index contributed by atoms with van der Waals surface area (Å²) in [6.07, 6.45) is 8.43. The molecule has 0 radical (unpaired) electrons. The van der Waals surface area contributed by atoms with Gasteiger partial charge in [-0.05, 0) is 12.8 Å². The van der Waals surface area contributed by atoms with E-state index in [0.717, 1.165) is 19.3 Å². The van der Waals surface area contributed by atoms with Gasteiger partial charge >= 0.3 is 0 Å². The molecule has 1 N–H and O–H groups in total. The number of hydrogen-bond acceptors (Lipinski definition) is 1. The van der Waals surface area contributed by atoms with E-state index >= 15 is 0 Å². The molecule has 0 aromatic rings. The van der Waals surface area contributed by atoms with Crippen LogP contribution in [0, 0.1) is 0 Å². The summed E-state index contributed by atoms with van der Waals surface area (Å²) in [6.45, 7) is 8.55. The first kappa shape index (κ1) is 15.4. The van der Waals surface area contributed by atoms with E-state index in [9.17, 15) is 0 Å². The molecule has 13 heavy (non-hydrogen) atoms. The van der Waals surface area contributed by atoms with Crippen molar-refractivity contribution in [2.75, 3.05) is 0 Å². The molecule has 0 saturated heterocycles. The molecule has 0 aromatic heterocycles. The van der Waals surface area contributed by atoms with Gasteiger partial charge in [0.2, 0.25) is 0 Å². The Morgan fingerprint density at radius 3 is 1.46 bits per heavy atom. The maximum Gasteiger partial charge on any atom is 0.0537 e. The highest BCUT2D eigenvalue weighted by atomic mass is 16.3. The van der Waals surface area contributed by atoms with E-state index < -0.39 is 0 Å². The maximum absolute atomic E-state index is 8.86. The van der Waals surface area contributed by atoms with Gasteiger partial charge in [0.05, 0.1) is 6.10 Å². The van der Waals surface area contributed by atoms with Crippen molar-refractivity contribution < 1.29 is 5.11 Å². The second-order valence-corrected chi connectivity index (χ2v) is 3.56. The van der Waals surface area contributed by atoms with Crippen molar-refractivity contribution in [3.8, 4) is 0 Å². The number of rotatable bonds is 6. The molecular formula is C12H28O. The van der Waals surface area contributed by atoms with Gasteiger partial charge in [-0.1, -0.05) is 59.8 Å². The van der Waals surface area contributed by atoms with E-state index in [4.69, 9.17) is 5.11 Å². The Labute approximate surface area is 84.6 Å². The number of unbranched alkanes of at least 4 members (excludes halogenated alkanes) is 3. The summed E-state index contributed by atoms with van der Waals surface area (Å²) < 4.78 is 0. The lowest BCUT2D eigenvalue weighted by Crippen LogP contribution is -2.01. The fraction of sp³-hybridized carbons (Fsp3) is 1.00. The van der Waals surface area contributed by atoms with E-state index in [2.05, 4.69) is 20.8 Å². The van der Waals surface area contributed by atoms with Gasteiger partial charge in [0.15, 0.2) is 0 Å². The lowest BCUT2D eigenvalue weighted by Gasteiger charge is -2.01. The molecule has 0 bridgehead atoms. The van der Waals surface area contributed by atoms with Crippen LogP contribution in [0.25, 0.3) is 0 Å². The molecule has 0 saturated carbocycles. The van der Waals surface area contributed by atoms with Gasteiger partial charge in [-0.15, -0.1) is 0 Å². The zero-order chi connectivity index (χ0) is 10.5. The quantitative estimate of drug-likeness (QED) is 0.621. The number of hydrogen-bond donors (Lipinski definition) is 1. The third-order valence-corrected chi connectivity index (χ3v) is 2.05. The summed E-state index contributed by atoms with van der Waals surface area (Å²) in [5.74, 6) is 0. The van der Waals surface area contributed by atoms with E-state index in [1.54, 1.807) is 0 Å². The summed E-state index contributed by atoms with van der Waals surface area (Å²) in [6, 6.07) is 0. The molecule has 0 fully saturated rings. The van der Waals surface area contributed by atoms with Crippen molar-refractivity contribution in [3.05, 3.63) is 0 Å². The Morgan fingerprint density at radius 1 is 0.846 bits per heavy atom. The first-order valence-corrected chi connectivity index (χ1v) is 5.90. The minimum Gasteiger partial charge on any atom is -0.393 e. The molecule has 0 spiro atoms. The predicted octanol–water partition coefficient (Wildman–Crippen LogP) is 4.14. The van der Waals surface area contributed by atoms with Crippen molar-refractivity contribution in [2.24, 2.45) is 0 Å². The first-order valence-electron chi connectivity index (χ1n) is 5.90. The van der Waals surface area contributed by atoms with Gasteiger partial charge in [-0.25, -0.2) is 0 Å². The summed E-state index contributed by atoms with van der Waals surface area (Å²) in [7, 11) is 0. The summed E-state index contributed by atoms with van der Waals surface area (Å²) >= 11 is 0. The molecule has 0 amide bonds. The zero-order valence-electron chi connectivity index (χ0n) is 9.97. The van der Waals surface area contributed by atoms with Crippen molar-refractivity contribution in [1.82, 2.24) is 0 Å². The Bertz CT molecular complexity index is 67.5. The molecule has 0 aromatic carbocycles. The molecule has 0 aliphatic carbocycles. The minimum absolute atomic E-state index is 0.0509. The van der Waals surface area contributed by atoms with Crippen LogP contribution in [0.15, 0.2) is 0 Å². The fourth-order valence-corrected chi connectivity index (χ4v) is 1.04. The number of aliphatic hydroxyl groups is 1. The van der Waals surface area contributed by atoms with Crippen LogP contribution in [-0.2, 0) is 0 Å². The molecule has 1 nitrogen and oxygen atoms in total. The normalized spacial score (nSPS) is 11.8. The lowest BCUT2D eigenvalue weighted by atomic mass is 10.2. The highest BCUT2D eigenvalue weighted by molar-refractivity contribution is 4.47. The van der Waals surface area contributed by atoms with Gasteiger partial charge in [0.25, 0.3) is 0 Å². The third kappa shape index (κ3) is 18.7. The number of aliphatic hydroxyl groups excluding tert-OH is 1. The van der Waals surface area contributed by atoms with Crippen molar-refractivity contribution >= 4 is 0 Å². The minimum atomic E-state index is -0.0509. The summed E-state index contributed by atoms with van der Waals surface area (Å²) in [5.41, 5.74) is 0. The van der Waals surface area contributed by atoms with Crippen LogP contribution in [0.1, 0.15) is 72.6 Å². The van der Waals surface area contributed by atoms with E-state index in [1.807, 2.05) is 6.92 Å². The predicted molar refractivity (Wildman–Crippen MR) is 61.0 cm³/mol. The first-order chi connectivity index (χ1) is 6.22. The Morgan fingerprint density at radius 2 is 1.31 bits per heavy atom. The second kappa shape index (κ2) is 14.5. The molecule has 0 aliphatic heterocycles. The van der Waals surface area contributed by atoms with Crippen LogP contribution in [0.2, 0.25) is 0 Å². The smallest absolute Gasteiger partial charge is 0.0537 e. The average molecular weight is 188 g/mol. The molecule has 0 rings (SSSR count). The van der Waals surface area contributed by atoms with E-state index in [1.165, 1.54) is 25.7 Å². The van der Waals surface area contributed by atoms with Crippen LogP contribution in [0.5, 0.6) is 0 Å². The molecule has 1 atom stereocenters. The van der Waals surface area contributed by atoms with Gasteiger partial charge in [0, 0.05) is 0 Å². The molecule has 0 heterocycles. The SMILES string of the molecule is CCCC(O)CC.CCCCCC. The largest absolute Gasteiger partial charge is 0.393 e. The molecule has 0 aliphatic rings. The van der Waals surface area contributed by atoms with E-state index in [-0.39, 0.29) is 6.10 Å². The van der Waals surface area contributed by atoms with Gasteiger partial charge < -0.3 is 5.11 Å². The van der Waals surface area contributed by atoms with Crippen molar-refractivity contribution in [3.63, 3.8) is 0 Å². The second-order valence-electron chi connectivity index (χ2n) is 3.56. The summed E-state index contributed by atoms with van der Waals surface area (Å²) in [5, 5.41) is 8.86. The van der Waals surface area contributed by atoms with Gasteiger partial charge in [0.1, 0.15) is 0 Å². The summed E-state index contributed by atoms with van der Waals surface area (Å²) in [4.78, 5) is 0. The van der Waals surface area contributed by atoms with Gasteiger partial charge in [-0.3, -0.25) is 0 Å². The zero-order valence-corrected chi connectivity index (χ0v) is 9.97. The lowest BCUT2D eigenvalue weighted by molar-refractivity contribution is 0.159. The molecule has 1 unspecified atom stereocenters. The molecule has 1 heteroatoms. The molecular weight excluding hydrogens is 160 g/mol. The van der Waals surface area contributed by atoms with Crippen LogP contribution in [0.3, 0.4) is 0 Å².